The number of methoxy groups -OCH3 is 1. The Bertz CT molecular complexity index is 745. The molecule has 112 valence electrons. The summed E-state index contributed by atoms with van der Waals surface area (Å²) < 4.78 is 6.24. The van der Waals surface area contributed by atoms with Crippen molar-refractivity contribution in [1.82, 2.24) is 9.55 Å². The summed E-state index contributed by atoms with van der Waals surface area (Å²) in [6.07, 6.45) is 0. The minimum atomic E-state index is -0.509. The number of hydrogen-bond acceptors (Lipinski definition) is 3. The van der Waals surface area contributed by atoms with Gasteiger partial charge in [0.05, 0.1) is 19.2 Å². The second kappa shape index (κ2) is 6.18. The smallest absolute Gasteiger partial charge is 0.329 e. The van der Waals surface area contributed by atoms with E-state index in [1.165, 1.54) is 0 Å². The summed E-state index contributed by atoms with van der Waals surface area (Å²) in [7, 11) is 1.58. The molecule has 0 spiro atoms. The molecule has 1 aromatic heterocycles. The number of halogens is 1. The second-order valence-corrected chi connectivity index (χ2v) is 5.43. The molecule has 0 aliphatic heterocycles. The van der Waals surface area contributed by atoms with Gasteiger partial charge in [-0.15, -0.1) is 0 Å². The van der Waals surface area contributed by atoms with Crippen LogP contribution in [0.2, 0.25) is 5.15 Å². The molecule has 0 radical (unpaired) electrons. The van der Waals surface area contributed by atoms with Crippen molar-refractivity contribution in [3.05, 3.63) is 61.4 Å². The molecule has 0 aliphatic carbocycles. The molecular formula is C15H17ClN2O3. The molecule has 0 fully saturated rings. The SMILES string of the molecule is COc1ccc(Cn2c(=O)[nH]c(Cl)c(C(C)C)c2=O)cc1. The van der Waals surface area contributed by atoms with Crippen molar-refractivity contribution in [2.75, 3.05) is 7.11 Å². The summed E-state index contributed by atoms with van der Waals surface area (Å²) in [6, 6.07) is 7.20. The van der Waals surface area contributed by atoms with Gasteiger partial charge in [-0.2, -0.15) is 0 Å². The first-order chi connectivity index (χ1) is 9.93. The summed E-state index contributed by atoms with van der Waals surface area (Å²) in [5.74, 6) is 0.656. The van der Waals surface area contributed by atoms with Crippen molar-refractivity contribution in [3.63, 3.8) is 0 Å². The number of rotatable bonds is 4. The minimum absolute atomic E-state index is 0.0658. The third-order valence-corrected chi connectivity index (χ3v) is 3.55. The van der Waals surface area contributed by atoms with E-state index in [1.54, 1.807) is 19.2 Å². The fourth-order valence-corrected chi connectivity index (χ4v) is 2.50. The van der Waals surface area contributed by atoms with Gasteiger partial charge >= 0.3 is 5.69 Å². The summed E-state index contributed by atoms with van der Waals surface area (Å²) in [5.41, 5.74) is 0.394. The Balaban J connectivity index is 2.46. The molecule has 21 heavy (non-hydrogen) atoms. The van der Waals surface area contributed by atoms with Crippen LogP contribution >= 0.6 is 11.6 Å². The lowest BCUT2D eigenvalue weighted by molar-refractivity contribution is 0.414. The molecule has 6 heteroatoms. The van der Waals surface area contributed by atoms with Gasteiger partial charge in [0.2, 0.25) is 0 Å². The Morgan fingerprint density at radius 3 is 2.38 bits per heavy atom. The van der Waals surface area contributed by atoms with E-state index >= 15 is 0 Å². The minimum Gasteiger partial charge on any atom is -0.497 e. The van der Waals surface area contributed by atoms with E-state index in [0.29, 0.717) is 5.56 Å². The lowest BCUT2D eigenvalue weighted by atomic mass is 10.1. The molecule has 0 amide bonds. The number of H-pyrrole nitrogens is 1. The highest BCUT2D eigenvalue weighted by Gasteiger charge is 2.15. The predicted octanol–water partition coefficient (Wildman–Crippen LogP) is 2.37. The lowest BCUT2D eigenvalue weighted by Crippen LogP contribution is -2.38. The zero-order valence-corrected chi connectivity index (χ0v) is 12.9. The van der Waals surface area contributed by atoms with Crippen LogP contribution in [0, 0.1) is 0 Å². The van der Waals surface area contributed by atoms with Crippen LogP contribution in [0.3, 0.4) is 0 Å². The van der Waals surface area contributed by atoms with Crippen molar-refractivity contribution in [2.24, 2.45) is 0 Å². The van der Waals surface area contributed by atoms with Crippen LogP contribution in [0.5, 0.6) is 5.75 Å². The Hall–Kier alpha value is -2.01. The van der Waals surface area contributed by atoms with E-state index in [1.807, 2.05) is 26.0 Å². The highest BCUT2D eigenvalue weighted by molar-refractivity contribution is 6.30. The third-order valence-electron chi connectivity index (χ3n) is 3.25. The summed E-state index contributed by atoms with van der Waals surface area (Å²) in [4.78, 5) is 26.9. The fraction of sp³-hybridized carbons (Fsp3) is 0.333. The molecule has 0 aliphatic rings. The molecule has 1 heterocycles. The van der Waals surface area contributed by atoms with Crippen molar-refractivity contribution in [1.29, 1.82) is 0 Å². The average molecular weight is 309 g/mol. The van der Waals surface area contributed by atoms with Crippen LogP contribution in [0.25, 0.3) is 0 Å². The average Bonchev–Trinajstić information content (AvgIpc) is 2.43. The molecule has 1 aromatic carbocycles. The normalized spacial score (nSPS) is 10.9. The maximum atomic E-state index is 12.4. The summed E-state index contributed by atoms with van der Waals surface area (Å²) in [5, 5.41) is 0.117. The number of nitrogens with zero attached hydrogens (tertiary/aromatic N) is 1. The van der Waals surface area contributed by atoms with Gasteiger partial charge in [0.1, 0.15) is 10.9 Å². The van der Waals surface area contributed by atoms with Crippen LogP contribution < -0.4 is 16.0 Å². The van der Waals surface area contributed by atoms with Gasteiger partial charge < -0.3 is 4.74 Å². The van der Waals surface area contributed by atoms with Crippen LogP contribution in [-0.2, 0) is 6.54 Å². The van der Waals surface area contributed by atoms with Gasteiger partial charge in [-0.05, 0) is 23.6 Å². The largest absolute Gasteiger partial charge is 0.497 e. The van der Waals surface area contributed by atoms with Gasteiger partial charge in [0, 0.05) is 0 Å². The van der Waals surface area contributed by atoms with Gasteiger partial charge in [-0.25, -0.2) is 4.79 Å². The first kappa shape index (κ1) is 15.4. The van der Waals surface area contributed by atoms with Gasteiger partial charge in [-0.1, -0.05) is 37.6 Å². The van der Waals surface area contributed by atoms with Crippen LogP contribution in [0.1, 0.15) is 30.9 Å². The van der Waals surface area contributed by atoms with E-state index in [4.69, 9.17) is 16.3 Å². The Morgan fingerprint density at radius 1 is 1.24 bits per heavy atom. The zero-order chi connectivity index (χ0) is 15.6. The first-order valence-corrected chi connectivity index (χ1v) is 6.97. The topological polar surface area (TPSA) is 64.1 Å². The highest BCUT2D eigenvalue weighted by atomic mass is 35.5. The van der Waals surface area contributed by atoms with Crippen molar-refractivity contribution < 1.29 is 4.74 Å². The Kier molecular flexibility index (Phi) is 4.53. The molecule has 2 aromatic rings. The lowest BCUT2D eigenvalue weighted by Gasteiger charge is -2.11. The van der Waals surface area contributed by atoms with E-state index < -0.39 is 5.69 Å². The predicted molar refractivity (Wildman–Crippen MR) is 82.5 cm³/mol. The molecule has 0 atom stereocenters. The molecule has 0 unspecified atom stereocenters. The Labute approximate surface area is 127 Å². The number of ether oxygens (including phenoxy) is 1. The van der Waals surface area contributed by atoms with Gasteiger partial charge in [0.15, 0.2) is 0 Å². The van der Waals surface area contributed by atoms with Crippen LogP contribution in [0.15, 0.2) is 33.9 Å². The molecule has 2 rings (SSSR count). The maximum Gasteiger partial charge on any atom is 0.329 e. The number of hydrogen-bond donors (Lipinski definition) is 1. The molecule has 0 bridgehead atoms. The second-order valence-electron chi connectivity index (χ2n) is 5.05. The standard InChI is InChI=1S/C15H17ClN2O3/c1-9(2)12-13(16)17-15(20)18(14(12)19)8-10-4-6-11(21-3)7-5-10/h4-7,9H,8H2,1-3H3,(H,17,20). The van der Waals surface area contributed by atoms with E-state index in [9.17, 15) is 9.59 Å². The van der Waals surface area contributed by atoms with Gasteiger partial charge in [-0.3, -0.25) is 14.3 Å². The van der Waals surface area contributed by atoms with Crippen molar-refractivity contribution in [2.45, 2.75) is 26.3 Å². The van der Waals surface area contributed by atoms with Crippen LogP contribution in [-0.4, -0.2) is 16.7 Å². The van der Waals surface area contributed by atoms with Gasteiger partial charge in [0.25, 0.3) is 5.56 Å². The number of aromatic nitrogens is 2. The molecule has 0 saturated carbocycles. The number of nitrogens with one attached hydrogen (secondary N) is 1. The molecule has 1 N–H and O–H groups in total. The fourth-order valence-electron chi connectivity index (χ4n) is 2.12. The van der Waals surface area contributed by atoms with Crippen LogP contribution in [0.4, 0.5) is 0 Å². The molecular weight excluding hydrogens is 292 g/mol. The third kappa shape index (κ3) is 3.19. The monoisotopic (exact) mass is 308 g/mol. The summed E-state index contributed by atoms with van der Waals surface area (Å²) >= 11 is 5.96. The molecule has 5 nitrogen and oxygen atoms in total. The van der Waals surface area contributed by atoms with Crippen molar-refractivity contribution in [3.8, 4) is 5.75 Å². The number of aromatic amines is 1. The van der Waals surface area contributed by atoms with Crippen molar-refractivity contribution >= 4 is 11.6 Å². The number of benzene rings is 1. The quantitative estimate of drug-likeness (QED) is 0.882. The van der Waals surface area contributed by atoms with E-state index in [-0.39, 0.29) is 23.2 Å². The maximum absolute atomic E-state index is 12.4. The Morgan fingerprint density at radius 2 is 1.86 bits per heavy atom. The van der Waals surface area contributed by atoms with E-state index in [2.05, 4.69) is 4.98 Å². The van der Waals surface area contributed by atoms with E-state index in [0.717, 1.165) is 15.9 Å². The first-order valence-electron chi connectivity index (χ1n) is 6.59. The highest BCUT2D eigenvalue weighted by Crippen LogP contribution is 2.17. The summed E-state index contributed by atoms with van der Waals surface area (Å²) in [6.45, 7) is 3.91. The molecule has 0 saturated heterocycles. The zero-order valence-electron chi connectivity index (χ0n) is 12.1.